The van der Waals surface area contributed by atoms with Gasteiger partial charge in [-0.15, -0.1) is 0 Å². The van der Waals surface area contributed by atoms with Gasteiger partial charge in [0.1, 0.15) is 12.2 Å². The Kier molecular flexibility index (Phi) is 4.92. The van der Waals surface area contributed by atoms with Crippen LogP contribution in [-0.4, -0.2) is 16.0 Å². The minimum atomic E-state index is -0.303. The number of aromatic hydroxyl groups is 1. The van der Waals surface area contributed by atoms with E-state index in [4.69, 9.17) is 0 Å². The van der Waals surface area contributed by atoms with Gasteiger partial charge in [-0.2, -0.15) is 0 Å². The maximum absolute atomic E-state index is 13.2. The van der Waals surface area contributed by atoms with E-state index in [0.717, 1.165) is 16.3 Å². The molecule has 1 aromatic heterocycles. The molecule has 28 heavy (non-hydrogen) atoms. The summed E-state index contributed by atoms with van der Waals surface area (Å²) in [5.41, 5.74) is 1.45. The predicted molar refractivity (Wildman–Crippen MR) is 109 cm³/mol. The molecule has 1 N–H and O–H groups in total. The molecule has 0 saturated carbocycles. The van der Waals surface area contributed by atoms with E-state index in [9.17, 15) is 9.50 Å². The Hall–Kier alpha value is -3.06. The number of aromatic nitrogens is 1. The number of halogens is 1. The zero-order valence-corrected chi connectivity index (χ0v) is 16.3. The van der Waals surface area contributed by atoms with Crippen LogP contribution in [0.3, 0.4) is 0 Å². The second kappa shape index (κ2) is 7.52. The van der Waals surface area contributed by atoms with Crippen molar-refractivity contribution >= 4 is 35.1 Å². The van der Waals surface area contributed by atoms with Crippen molar-refractivity contribution in [2.75, 3.05) is 0 Å². The van der Waals surface area contributed by atoms with E-state index < -0.39 is 0 Å². The molecule has 0 aliphatic carbocycles. The average molecular weight is 394 g/mol. The first-order valence-electron chi connectivity index (χ1n) is 8.94. The summed E-state index contributed by atoms with van der Waals surface area (Å²) < 4.78 is 15.0. The molecule has 0 radical (unpaired) electrons. The molecule has 2 heterocycles. The number of hydrogen-bond acceptors (Lipinski definition) is 5. The van der Waals surface area contributed by atoms with Gasteiger partial charge in [0.05, 0.1) is 21.6 Å². The van der Waals surface area contributed by atoms with Gasteiger partial charge in [-0.05, 0) is 53.6 Å². The smallest absolute Gasteiger partial charge is 0.211 e. The maximum atomic E-state index is 13.2. The lowest BCUT2D eigenvalue weighted by atomic mass is 10.2. The Morgan fingerprint density at radius 3 is 2.75 bits per heavy atom. The minimum absolute atomic E-state index is 0.174. The van der Waals surface area contributed by atoms with Crippen molar-refractivity contribution in [3.8, 4) is 5.88 Å². The summed E-state index contributed by atoms with van der Waals surface area (Å²) in [6, 6.07) is 11.8. The van der Waals surface area contributed by atoms with Gasteiger partial charge < -0.3 is 5.11 Å². The minimum Gasteiger partial charge on any atom is -0.493 e. The first-order chi connectivity index (χ1) is 13.5. The molecule has 142 valence electrons. The monoisotopic (exact) mass is 394 g/mol. The highest BCUT2D eigenvalue weighted by Gasteiger charge is 2.12. The summed E-state index contributed by atoms with van der Waals surface area (Å²) in [5.74, 6) is 0.202. The highest BCUT2D eigenvalue weighted by molar-refractivity contribution is 7.10. The Labute approximate surface area is 165 Å². The fourth-order valence-electron chi connectivity index (χ4n) is 2.90. The van der Waals surface area contributed by atoms with Crippen LogP contribution in [0.1, 0.15) is 18.7 Å². The Morgan fingerprint density at radius 1 is 1.21 bits per heavy atom. The topological polar surface area (TPSA) is 62.2 Å². The van der Waals surface area contributed by atoms with Crippen molar-refractivity contribution in [1.82, 2.24) is 4.57 Å². The van der Waals surface area contributed by atoms with Crippen LogP contribution in [0.25, 0.3) is 6.08 Å². The first kappa shape index (κ1) is 18.3. The molecule has 0 bridgehead atoms. The van der Waals surface area contributed by atoms with Crippen LogP contribution in [0.2, 0.25) is 0 Å². The molecule has 0 atom stereocenters. The Bertz CT molecular complexity index is 1240. The highest BCUT2D eigenvalue weighted by Crippen LogP contribution is 2.23. The lowest BCUT2D eigenvalue weighted by Gasteiger charge is -2.07. The SMILES string of the molecule is CC(C)Cn1c(O)c(/C=c2\ccc3c(c2)N=CN=3)sc1=Nc1ccc(F)cc1. The molecule has 4 rings (SSSR count). The number of hydrogen-bond donors (Lipinski definition) is 1. The molecule has 0 fully saturated rings. The maximum Gasteiger partial charge on any atom is 0.211 e. The van der Waals surface area contributed by atoms with Crippen molar-refractivity contribution in [1.29, 1.82) is 0 Å². The lowest BCUT2D eigenvalue weighted by molar-refractivity contribution is 0.387. The van der Waals surface area contributed by atoms with E-state index >= 15 is 0 Å². The molecule has 0 amide bonds. The number of rotatable bonds is 4. The van der Waals surface area contributed by atoms with E-state index in [-0.39, 0.29) is 11.7 Å². The summed E-state index contributed by atoms with van der Waals surface area (Å²) in [6.45, 7) is 4.79. The van der Waals surface area contributed by atoms with E-state index in [0.29, 0.717) is 27.8 Å². The predicted octanol–water partition coefficient (Wildman–Crippen LogP) is 3.40. The average Bonchev–Trinajstić information content (AvgIpc) is 3.23. The number of fused-ring (bicyclic) bond motifs is 1. The van der Waals surface area contributed by atoms with Crippen molar-refractivity contribution in [3.05, 3.63) is 68.5 Å². The van der Waals surface area contributed by atoms with Crippen molar-refractivity contribution in [2.45, 2.75) is 20.4 Å². The molecule has 0 saturated heterocycles. The molecule has 5 nitrogen and oxygen atoms in total. The molecule has 3 aromatic rings. The van der Waals surface area contributed by atoms with Crippen LogP contribution in [0.4, 0.5) is 15.8 Å². The quantitative estimate of drug-likeness (QED) is 0.724. The third-order valence-electron chi connectivity index (χ3n) is 4.20. The lowest BCUT2D eigenvalue weighted by Crippen LogP contribution is -2.17. The number of nitrogens with zero attached hydrogens (tertiary/aromatic N) is 4. The van der Waals surface area contributed by atoms with E-state index in [1.807, 2.05) is 24.3 Å². The van der Waals surface area contributed by atoms with Gasteiger partial charge in [0, 0.05) is 6.54 Å². The summed E-state index contributed by atoms with van der Waals surface area (Å²) in [7, 11) is 0. The van der Waals surface area contributed by atoms with Gasteiger partial charge in [-0.3, -0.25) is 4.57 Å². The normalized spacial score (nSPS) is 14.0. The van der Waals surface area contributed by atoms with E-state index in [1.165, 1.54) is 29.8 Å². The first-order valence-corrected chi connectivity index (χ1v) is 9.76. The number of thiazole rings is 1. The van der Waals surface area contributed by atoms with E-state index in [1.54, 1.807) is 16.7 Å². The molecular weight excluding hydrogens is 375 g/mol. The van der Waals surface area contributed by atoms with Crippen LogP contribution in [0.15, 0.2) is 57.4 Å². The summed E-state index contributed by atoms with van der Waals surface area (Å²) in [5, 5.41) is 12.6. The zero-order chi connectivity index (χ0) is 19.7. The molecule has 7 heteroatoms. The van der Waals surface area contributed by atoms with Crippen LogP contribution < -0.4 is 15.4 Å². The van der Waals surface area contributed by atoms with Crippen LogP contribution in [0.5, 0.6) is 5.88 Å². The second-order valence-corrected chi connectivity index (χ2v) is 7.94. The molecule has 1 aliphatic rings. The van der Waals surface area contributed by atoms with Gasteiger partial charge in [0.15, 0.2) is 4.80 Å². The second-order valence-electron chi connectivity index (χ2n) is 6.93. The molecule has 1 aliphatic heterocycles. The Balaban J connectivity index is 1.84. The molecule has 0 unspecified atom stereocenters. The van der Waals surface area contributed by atoms with Crippen LogP contribution >= 0.6 is 11.3 Å². The largest absolute Gasteiger partial charge is 0.493 e. The van der Waals surface area contributed by atoms with Gasteiger partial charge in [0.2, 0.25) is 5.88 Å². The summed E-state index contributed by atoms with van der Waals surface area (Å²) in [6.07, 6.45) is 3.45. The van der Waals surface area contributed by atoms with Gasteiger partial charge in [-0.25, -0.2) is 19.4 Å². The van der Waals surface area contributed by atoms with Crippen molar-refractivity contribution in [2.24, 2.45) is 20.9 Å². The highest BCUT2D eigenvalue weighted by atomic mass is 32.1. The van der Waals surface area contributed by atoms with Crippen molar-refractivity contribution < 1.29 is 9.50 Å². The number of benzene rings is 2. The Morgan fingerprint density at radius 2 is 2.00 bits per heavy atom. The molecule has 0 spiro atoms. The fraction of sp³-hybridized carbons (Fsp3) is 0.190. The van der Waals surface area contributed by atoms with Gasteiger partial charge in [0.25, 0.3) is 0 Å². The van der Waals surface area contributed by atoms with Gasteiger partial charge in [-0.1, -0.05) is 31.3 Å². The molecular formula is C21H19FN4OS. The zero-order valence-electron chi connectivity index (χ0n) is 15.5. The van der Waals surface area contributed by atoms with Crippen LogP contribution in [0, 0.1) is 11.7 Å². The van der Waals surface area contributed by atoms with E-state index in [2.05, 4.69) is 28.8 Å². The van der Waals surface area contributed by atoms with Crippen molar-refractivity contribution in [3.63, 3.8) is 0 Å². The third-order valence-corrected chi connectivity index (χ3v) is 5.21. The molecule has 2 aromatic carbocycles. The summed E-state index contributed by atoms with van der Waals surface area (Å²) in [4.78, 5) is 14.4. The fourth-order valence-corrected chi connectivity index (χ4v) is 3.92. The third kappa shape index (κ3) is 3.80. The summed E-state index contributed by atoms with van der Waals surface area (Å²) >= 11 is 1.39. The van der Waals surface area contributed by atoms with Gasteiger partial charge >= 0.3 is 0 Å². The number of aliphatic imine (C=N–C) groups is 1. The van der Waals surface area contributed by atoms with Crippen LogP contribution in [-0.2, 0) is 6.54 Å². The standard InChI is InChI=1S/C21H19FN4OS/c1-13(2)11-26-20(27)19(10-14-3-8-17-18(9-14)24-12-23-17)28-21(26)25-16-6-4-15(22)5-7-16/h3-10,12-13,27H,11H2,1-2H3/b14-10+,25-21?.